The summed E-state index contributed by atoms with van der Waals surface area (Å²) < 4.78 is 4.07. The number of aromatic nitrogens is 6. The van der Waals surface area contributed by atoms with Crippen molar-refractivity contribution >= 4 is 71.4 Å². The molecule has 0 fully saturated rings. The van der Waals surface area contributed by atoms with Crippen LogP contribution in [-0.2, 0) is 22.4 Å². The van der Waals surface area contributed by atoms with Crippen LogP contribution in [0.5, 0.6) is 0 Å². The second-order valence-electron chi connectivity index (χ2n) is 17.0. The molecule has 2 amide bonds. The molecule has 0 spiro atoms. The van der Waals surface area contributed by atoms with Gasteiger partial charge < -0.3 is 20.6 Å². The van der Waals surface area contributed by atoms with Crippen molar-refractivity contribution in [2.75, 3.05) is 0 Å². The van der Waals surface area contributed by atoms with E-state index in [0.717, 1.165) is 50.2 Å². The molecule has 310 valence electrons. The molecule has 4 atom stereocenters. The molecule has 2 aliphatic rings. The summed E-state index contributed by atoms with van der Waals surface area (Å²) in [6.07, 6.45) is 6.15. The van der Waals surface area contributed by atoms with Gasteiger partial charge in [0.1, 0.15) is 23.7 Å². The molecule has 4 aromatic carbocycles. The van der Waals surface area contributed by atoms with Gasteiger partial charge in [-0.25, -0.2) is 9.97 Å². The summed E-state index contributed by atoms with van der Waals surface area (Å²) in [5.74, 6) is 1.73. The number of carbonyl (C=O) groups is 2. The maximum Gasteiger partial charge on any atom is 0.262 e. The highest BCUT2D eigenvalue weighted by atomic mass is 79.9. The molecule has 8 aromatic rings. The van der Waals surface area contributed by atoms with E-state index in [2.05, 4.69) is 64.2 Å². The van der Waals surface area contributed by atoms with Crippen LogP contribution in [0.3, 0.4) is 0 Å². The summed E-state index contributed by atoms with van der Waals surface area (Å²) in [7, 11) is 0. The van der Waals surface area contributed by atoms with Gasteiger partial charge in [-0.3, -0.25) is 28.3 Å². The number of hydrogen-bond donors (Lipinski definition) is 4. The lowest BCUT2D eigenvalue weighted by Crippen LogP contribution is -2.48. The first-order valence-electron chi connectivity index (χ1n) is 20.9. The summed E-state index contributed by atoms with van der Waals surface area (Å²) in [6.45, 7) is 8.41. The predicted molar refractivity (Wildman–Crippen MR) is 242 cm³/mol. The van der Waals surface area contributed by atoms with Crippen LogP contribution in [0.25, 0.3) is 43.6 Å². The second kappa shape index (κ2) is 16.3. The van der Waals surface area contributed by atoms with Gasteiger partial charge in [-0.15, -0.1) is 0 Å². The smallest absolute Gasteiger partial charge is 0.262 e. The van der Waals surface area contributed by atoms with Crippen molar-refractivity contribution in [2.45, 2.75) is 77.5 Å². The first kappa shape index (κ1) is 40.1. The molecule has 6 heterocycles. The lowest BCUT2D eigenvalue weighted by Gasteiger charge is -2.33. The third-order valence-corrected chi connectivity index (χ3v) is 12.3. The number of H-pyrrole nitrogens is 2. The first-order chi connectivity index (χ1) is 29.4. The Morgan fingerprint density at radius 3 is 1.52 bits per heavy atom. The van der Waals surface area contributed by atoms with Crippen molar-refractivity contribution in [1.82, 2.24) is 39.7 Å². The summed E-state index contributed by atoms with van der Waals surface area (Å²) in [5, 5.41) is 9.46. The number of para-hydroxylation sites is 3. The largest absolute Gasteiger partial charge is 0.361 e. The number of benzene rings is 4. The quantitative estimate of drug-likeness (QED) is 0.120. The number of nitrogens with one attached hydrogen (secondary N) is 4. The van der Waals surface area contributed by atoms with Gasteiger partial charge in [0.2, 0.25) is 11.8 Å². The van der Waals surface area contributed by atoms with E-state index < -0.39 is 12.1 Å². The van der Waals surface area contributed by atoms with E-state index >= 15 is 0 Å². The topological polar surface area (TPSA) is 160 Å². The van der Waals surface area contributed by atoms with Crippen LogP contribution in [0, 0.1) is 11.8 Å². The van der Waals surface area contributed by atoms with Crippen molar-refractivity contribution in [2.24, 2.45) is 11.8 Å². The van der Waals surface area contributed by atoms with E-state index in [-0.39, 0.29) is 35.0 Å². The minimum atomic E-state index is -0.652. The van der Waals surface area contributed by atoms with E-state index in [1.165, 1.54) is 0 Å². The standard InChI is InChI=1S/C24H23BrN4O2.C24H24N4O2/c1-13(2)9-20-22-27-19-8-7-15(25)11-17(19)24(31)29(22)21(23(30)28-20)10-14-12-26-18-6-4-3-5-16(14)18;1-14(2)11-20-22-26-19-10-6-4-8-17(19)24(30)28(22)21(23(29)27-20)12-15-13-25-18-9-5-3-7-16(15)18/h3-8,11-13,20-21,26H,9-10H2,1-2H3,(H,28,30);3-10,13-14,20-21,25H,11-12H2,1-2H3,(H,27,29)/t2*20-,21+/m00/s1. The third-order valence-electron chi connectivity index (χ3n) is 11.8. The summed E-state index contributed by atoms with van der Waals surface area (Å²) in [4.78, 5) is 69.7. The zero-order valence-corrected chi connectivity index (χ0v) is 36.0. The molecule has 12 nitrogen and oxygen atoms in total. The fraction of sp³-hybridized carbons (Fsp3) is 0.292. The number of fused-ring (bicyclic) bond motifs is 6. The zero-order chi connectivity index (χ0) is 42.5. The van der Waals surface area contributed by atoms with E-state index in [0.29, 0.717) is 58.1 Å². The Bertz CT molecular complexity index is 3110. The van der Waals surface area contributed by atoms with Crippen LogP contribution in [0.15, 0.2) is 117 Å². The summed E-state index contributed by atoms with van der Waals surface area (Å²) >= 11 is 3.45. The van der Waals surface area contributed by atoms with Gasteiger partial charge >= 0.3 is 0 Å². The van der Waals surface area contributed by atoms with Crippen molar-refractivity contribution < 1.29 is 9.59 Å². The molecule has 10 rings (SSSR count). The van der Waals surface area contributed by atoms with Gasteiger partial charge in [-0.2, -0.15) is 0 Å². The number of rotatable bonds is 8. The molecule has 0 bridgehead atoms. The third kappa shape index (κ3) is 7.56. The molecule has 61 heavy (non-hydrogen) atoms. The first-order valence-corrected chi connectivity index (χ1v) is 21.7. The van der Waals surface area contributed by atoms with Gasteiger partial charge in [-0.1, -0.05) is 92.2 Å². The minimum absolute atomic E-state index is 0.127. The van der Waals surface area contributed by atoms with E-state index in [1.807, 2.05) is 91.3 Å². The summed E-state index contributed by atoms with van der Waals surface area (Å²) in [5.41, 5.74) is 5.05. The van der Waals surface area contributed by atoms with Gasteiger partial charge in [0.05, 0.1) is 33.9 Å². The Labute approximate surface area is 359 Å². The van der Waals surface area contributed by atoms with E-state index in [1.54, 1.807) is 21.3 Å². The van der Waals surface area contributed by atoms with Crippen LogP contribution in [0.1, 0.15) is 87.5 Å². The Balaban J connectivity index is 0.000000156. The number of hydrogen-bond acceptors (Lipinski definition) is 6. The average Bonchev–Trinajstić information content (AvgIpc) is 3.85. The van der Waals surface area contributed by atoms with Crippen LogP contribution in [0.4, 0.5) is 0 Å². The molecule has 0 saturated heterocycles. The number of nitrogens with zero attached hydrogens (tertiary/aromatic N) is 4. The molecular weight excluding hydrogens is 832 g/mol. The number of aromatic amines is 2. The molecule has 0 radical (unpaired) electrons. The normalized spacial score (nSPS) is 18.6. The number of halogens is 1. The van der Waals surface area contributed by atoms with Gasteiger partial charge in [-0.05, 0) is 78.3 Å². The molecule has 4 N–H and O–H groups in total. The Morgan fingerprint density at radius 1 is 0.574 bits per heavy atom. The molecule has 4 aromatic heterocycles. The maximum atomic E-state index is 13.6. The highest BCUT2D eigenvalue weighted by Crippen LogP contribution is 2.33. The average molecular weight is 880 g/mol. The molecule has 13 heteroatoms. The molecule has 0 saturated carbocycles. The lowest BCUT2D eigenvalue weighted by atomic mass is 9.96. The van der Waals surface area contributed by atoms with Crippen molar-refractivity contribution in [1.29, 1.82) is 0 Å². The molecule has 0 unspecified atom stereocenters. The highest BCUT2D eigenvalue weighted by molar-refractivity contribution is 9.10. The van der Waals surface area contributed by atoms with Crippen molar-refractivity contribution in [3.05, 3.63) is 151 Å². The Kier molecular flexibility index (Phi) is 10.7. The van der Waals surface area contributed by atoms with E-state index in [4.69, 9.17) is 9.97 Å². The van der Waals surface area contributed by atoms with Crippen LogP contribution < -0.4 is 21.8 Å². The number of carbonyl (C=O) groups excluding carboxylic acids is 2. The second-order valence-corrected chi connectivity index (χ2v) is 17.9. The van der Waals surface area contributed by atoms with Crippen LogP contribution in [0.2, 0.25) is 0 Å². The minimum Gasteiger partial charge on any atom is -0.361 e. The molecular formula is C48H47BrN8O4. The SMILES string of the molecule is CC(C)C[C@@H]1NC(=O)[C@@H](Cc2c[nH]c3ccccc23)n2c1nc1ccc(Br)cc1c2=O.CC(C)C[C@@H]1NC(=O)[C@@H](Cc2c[nH]c3ccccc23)n2c1nc1ccccc1c2=O. The monoisotopic (exact) mass is 878 g/mol. The van der Waals surface area contributed by atoms with Crippen molar-refractivity contribution in [3.8, 4) is 0 Å². The van der Waals surface area contributed by atoms with E-state index in [9.17, 15) is 19.2 Å². The molecule has 2 aliphatic heterocycles. The predicted octanol–water partition coefficient (Wildman–Crippen LogP) is 8.52. The van der Waals surface area contributed by atoms with Gasteiger partial charge in [0.25, 0.3) is 11.1 Å². The highest BCUT2D eigenvalue weighted by Gasteiger charge is 2.38. The Morgan fingerprint density at radius 2 is 1.02 bits per heavy atom. The van der Waals surface area contributed by atoms with Gasteiger partial charge in [0, 0.05) is 51.5 Å². The lowest BCUT2D eigenvalue weighted by molar-refractivity contribution is -0.127. The summed E-state index contributed by atoms with van der Waals surface area (Å²) in [6, 6.07) is 27.0. The number of amides is 2. The van der Waals surface area contributed by atoms with Crippen LogP contribution >= 0.6 is 15.9 Å². The zero-order valence-electron chi connectivity index (χ0n) is 34.4. The van der Waals surface area contributed by atoms with Crippen molar-refractivity contribution in [3.63, 3.8) is 0 Å². The van der Waals surface area contributed by atoms with Gasteiger partial charge in [0.15, 0.2) is 0 Å². The fourth-order valence-electron chi connectivity index (χ4n) is 9.00. The fourth-order valence-corrected chi connectivity index (χ4v) is 9.36. The molecule has 0 aliphatic carbocycles. The van der Waals surface area contributed by atoms with Crippen LogP contribution in [-0.4, -0.2) is 40.9 Å². The Hall–Kier alpha value is -6.34. The maximum absolute atomic E-state index is 13.6.